The number of carboxylic acids is 1. The van der Waals surface area contributed by atoms with Gasteiger partial charge in [-0.2, -0.15) is 0 Å². The van der Waals surface area contributed by atoms with Crippen LogP contribution in [0.4, 0.5) is 5.69 Å². The van der Waals surface area contributed by atoms with Crippen LogP contribution in [0.25, 0.3) is 0 Å². The number of carboxylic acid groups (broad SMARTS) is 1. The Hall–Kier alpha value is -1.34. The highest BCUT2D eigenvalue weighted by molar-refractivity contribution is 9.10. The number of amides is 2. The zero-order valence-electron chi connectivity index (χ0n) is 9.05. The van der Waals surface area contributed by atoms with Gasteiger partial charge >= 0.3 is 5.97 Å². The summed E-state index contributed by atoms with van der Waals surface area (Å²) < 4.78 is 0.579. The maximum absolute atomic E-state index is 11.7. The van der Waals surface area contributed by atoms with Crippen molar-refractivity contribution >= 4 is 51.2 Å². The molecule has 0 radical (unpaired) electrons. The molecule has 0 aliphatic carbocycles. The molecule has 2 amide bonds. The summed E-state index contributed by atoms with van der Waals surface area (Å²) >= 11 is 4.39. The number of hydrogen-bond acceptors (Lipinski definition) is 4. The lowest BCUT2D eigenvalue weighted by Gasteiger charge is -2.25. The van der Waals surface area contributed by atoms with Crippen LogP contribution < -0.4 is 4.90 Å². The van der Waals surface area contributed by atoms with Gasteiger partial charge in [0.15, 0.2) is 0 Å². The first-order valence-corrected chi connectivity index (χ1v) is 6.92. The number of rotatable bonds is 2. The van der Waals surface area contributed by atoms with Gasteiger partial charge < -0.3 is 5.11 Å². The van der Waals surface area contributed by atoms with Gasteiger partial charge in [-0.05, 0) is 18.2 Å². The smallest absolute Gasteiger partial charge is 0.337 e. The van der Waals surface area contributed by atoms with E-state index in [4.69, 9.17) is 5.11 Å². The zero-order valence-corrected chi connectivity index (χ0v) is 11.5. The van der Waals surface area contributed by atoms with E-state index >= 15 is 0 Å². The summed E-state index contributed by atoms with van der Waals surface area (Å²) in [6, 6.07) is 4.43. The van der Waals surface area contributed by atoms with Gasteiger partial charge in [0.1, 0.15) is 0 Å². The molecule has 7 heteroatoms. The Kier molecular flexibility index (Phi) is 3.72. The monoisotopic (exact) mass is 329 g/mol. The predicted octanol–water partition coefficient (Wildman–Crippen LogP) is 1.75. The van der Waals surface area contributed by atoms with E-state index in [-0.39, 0.29) is 34.6 Å². The van der Waals surface area contributed by atoms with Crippen molar-refractivity contribution in [3.8, 4) is 0 Å². The van der Waals surface area contributed by atoms with E-state index in [1.165, 1.54) is 23.9 Å². The third-order valence-corrected chi connectivity index (χ3v) is 3.78. The average molecular weight is 330 g/mol. The Morgan fingerprint density at radius 3 is 2.44 bits per heavy atom. The number of carbonyl (C=O) groups is 3. The van der Waals surface area contributed by atoms with E-state index in [9.17, 15) is 14.4 Å². The van der Waals surface area contributed by atoms with E-state index in [1.807, 2.05) is 0 Å². The molecule has 18 heavy (non-hydrogen) atoms. The van der Waals surface area contributed by atoms with Crippen molar-refractivity contribution in [3.63, 3.8) is 0 Å². The summed E-state index contributed by atoms with van der Waals surface area (Å²) in [7, 11) is 0. The number of hydrogen-bond donors (Lipinski definition) is 1. The second-order valence-electron chi connectivity index (χ2n) is 3.58. The summed E-state index contributed by atoms with van der Waals surface area (Å²) in [4.78, 5) is 35.6. The molecule has 2 rings (SSSR count). The molecule has 94 valence electrons. The first-order valence-electron chi connectivity index (χ1n) is 4.97. The fraction of sp³-hybridized carbons (Fsp3) is 0.182. The Morgan fingerprint density at radius 1 is 1.28 bits per heavy atom. The fourth-order valence-electron chi connectivity index (χ4n) is 1.64. The van der Waals surface area contributed by atoms with Crippen LogP contribution in [0.3, 0.4) is 0 Å². The molecule has 1 saturated heterocycles. The lowest BCUT2D eigenvalue weighted by molar-refractivity contribution is -0.124. The van der Waals surface area contributed by atoms with Gasteiger partial charge in [-0.15, -0.1) is 11.8 Å². The number of anilines is 1. The summed E-state index contributed by atoms with van der Waals surface area (Å²) in [5.41, 5.74) is 0.0546. The quantitative estimate of drug-likeness (QED) is 0.837. The molecular formula is C11H8BrNO4S. The molecule has 1 aliphatic heterocycles. The number of imide groups is 1. The average Bonchev–Trinajstić information content (AvgIpc) is 2.30. The molecule has 1 fully saturated rings. The maximum atomic E-state index is 11.7. The molecule has 1 N–H and O–H groups in total. The lowest BCUT2D eigenvalue weighted by Crippen LogP contribution is -2.43. The van der Waals surface area contributed by atoms with Crippen molar-refractivity contribution in [3.05, 3.63) is 28.2 Å². The molecule has 0 unspecified atom stereocenters. The first-order chi connectivity index (χ1) is 8.50. The van der Waals surface area contributed by atoms with Crippen molar-refractivity contribution in [1.82, 2.24) is 0 Å². The van der Waals surface area contributed by atoms with Gasteiger partial charge in [-0.1, -0.05) is 15.9 Å². The van der Waals surface area contributed by atoms with Crippen LogP contribution in [0.1, 0.15) is 10.4 Å². The van der Waals surface area contributed by atoms with Gasteiger partial charge in [0, 0.05) is 4.47 Å². The molecule has 0 saturated carbocycles. The Balaban J connectivity index is 2.52. The van der Waals surface area contributed by atoms with Crippen molar-refractivity contribution in [2.45, 2.75) is 0 Å². The third-order valence-electron chi connectivity index (χ3n) is 2.38. The Morgan fingerprint density at radius 2 is 1.89 bits per heavy atom. The van der Waals surface area contributed by atoms with Gasteiger partial charge in [0.05, 0.1) is 22.8 Å². The molecule has 0 bridgehead atoms. The number of nitrogens with zero attached hydrogens (tertiary/aromatic N) is 1. The minimum atomic E-state index is -1.18. The summed E-state index contributed by atoms with van der Waals surface area (Å²) in [5, 5.41) is 9.12. The first kappa shape index (κ1) is 13.1. The van der Waals surface area contributed by atoms with Crippen LogP contribution in [0.15, 0.2) is 22.7 Å². The van der Waals surface area contributed by atoms with Gasteiger partial charge in [-0.25, -0.2) is 9.69 Å². The Bertz CT molecular complexity index is 530. The highest BCUT2D eigenvalue weighted by Gasteiger charge is 2.30. The molecule has 1 aromatic rings. The van der Waals surface area contributed by atoms with Crippen molar-refractivity contribution < 1.29 is 19.5 Å². The molecule has 1 aromatic carbocycles. The van der Waals surface area contributed by atoms with E-state index in [2.05, 4.69) is 15.9 Å². The van der Waals surface area contributed by atoms with Gasteiger partial charge in [0.25, 0.3) is 0 Å². The Labute approximate surface area is 115 Å². The second kappa shape index (κ2) is 5.11. The van der Waals surface area contributed by atoms with Crippen LogP contribution in [-0.2, 0) is 9.59 Å². The molecule has 0 aromatic heterocycles. The normalized spacial score (nSPS) is 15.9. The SMILES string of the molecule is O=C(O)c1cc(Br)ccc1N1C(=O)CSCC1=O. The highest BCUT2D eigenvalue weighted by Crippen LogP contribution is 2.28. The highest BCUT2D eigenvalue weighted by atomic mass is 79.9. The maximum Gasteiger partial charge on any atom is 0.337 e. The van der Waals surface area contributed by atoms with E-state index in [0.29, 0.717) is 4.47 Å². The van der Waals surface area contributed by atoms with Gasteiger partial charge in [-0.3, -0.25) is 9.59 Å². The summed E-state index contributed by atoms with van der Waals surface area (Å²) in [6.07, 6.45) is 0. The molecule has 0 atom stereocenters. The van der Waals surface area contributed by atoms with E-state index in [0.717, 1.165) is 4.90 Å². The topological polar surface area (TPSA) is 74.7 Å². The summed E-state index contributed by atoms with van der Waals surface area (Å²) in [6.45, 7) is 0. The largest absolute Gasteiger partial charge is 0.478 e. The minimum absolute atomic E-state index is 0.0713. The number of aromatic carboxylic acids is 1. The standard InChI is InChI=1S/C11H8BrNO4S/c12-6-1-2-8(7(3-6)11(16)17)13-9(14)4-18-5-10(13)15/h1-3H,4-5H2,(H,16,17). The van der Waals surface area contributed by atoms with E-state index in [1.54, 1.807) is 6.07 Å². The fourth-order valence-corrected chi connectivity index (χ4v) is 2.71. The van der Waals surface area contributed by atoms with Crippen LogP contribution >= 0.6 is 27.7 Å². The number of benzene rings is 1. The third kappa shape index (κ3) is 2.41. The van der Waals surface area contributed by atoms with Crippen molar-refractivity contribution in [1.29, 1.82) is 0 Å². The second-order valence-corrected chi connectivity index (χ2v) is 5.48. The van der Waals surface area contributed by atoms with Crippen LogP contribution in [-0.4, -0.2) is 34.4 Å². The van der Waals surface area contributed by atoms with Crippen LogP contribution in [0, 0.1) is 0 Å². The molecular weight excluding hydrogens is 322 g/mol. The molecule has 5 nitrogen and oxygen atoms in total. The van der Waals surface area contributed by atoms with Crippen LogP contribution in [0.2, 0.25) is 0 Å². The molecule has 0 spiro atoms. The molecule has 1 aliphatic rings. The van der Waals surface area contributed by atoms with Crippen LogP contribution in [0.5, 0.6) is 0 Å². The lowest BCUT2D eigenvalue weighted by atomic mass is 10.1. The number of carbonyl (C=O) groups excluding carboxylic acids is 2. The van der Waals surface area contributed by atoms with E-state index < -0.39 is 5.97 Å². The predicted molar refractivity (Wildman–Crippen MR) is 70.9 cm³/mol. The minimum Gasteiger partial charge on any atom is -0.478 e. The van der Waals surface area contributed by atoms with Crippen molar-refractivity contribution in [2.75, 3.05) is 16.4 Å². The number of thioether (sulfide) groups is 1. The zero-order chi connectivity index (χ0) is 13.3. The molecule has 1 heterocycles. The summed E-state index contributed by atoms with van der Waals surface area (Å²) in [5.74, 6) is -1.59. The van der Waals surface area contributed by atoms with Crippen molar-refractivity contribution in [2.24, 2.45) is 0 Å². The number of halogens is 1. The van der Waals surface area contributed by atoms with Gasteiger partial charge in [0.2, 0.25) is 11.8 Å².